The molecule has 1 N–H and O–H groups in total. The highest BCUT2D eigenvalue weighted by molar-refractivity contribution is 7.89. The van der Waals surface area contributed by atoms with Crippen LogP contribution in [-0.4, -0.2) is 67.9 Å². The summed E-state index contributed by atoms with van der Waals surface area (Å²) in [6, 6.07) is 5.49. The molecule has 0 aromatic heterocycles. The summed E-state index contributed by atoms with van der Waals surface area (Å²) in [7, 11) is -3.68. The van der Waals surface area contributed by atoms with Crippen LogP contribution in [0, 0.1) is 10.1 Å². The van der Waals surface area contributed by atoms with Gasteiger partial charge >= 0.3 is 0 Å². The Kier molecular flexibility index (Phi) is 4.62. The molecule has 1 atom stereocenters. The highest BCUT2D eigenvalue weighted by atomic mass is 32.2. The van der Waals surface area contributed by atoms with E-state index in [0.29, 0.717) is 13.1 Å². The second-order valence-electron chi connectivity index (χ2n) is 5.85. The van der Waals surface area contributed by atoms with Gasteiger partial charge in [0.15, 0.2) is 0 Å². The number of nitrogens with zero attached hydrogens (tertiary/aromatic N) is 3. The van der Waals surface area contributed by atoms with E-state index in [9.17, 15) is 18.5 Å². The predicted octanol–water partition coefficient (Wildman–Crippen LogP) is 0.263. The molecule has 126 valence electrons. The number of benzene rings is 1. The van der Waals surface area contributed by atoms with Gasteiger partial charge in [-0.15, -0.1) is 0 Å². The minimum absolute atomic E-state index is 0.00680. The van der Waals surface area contributed by atoms with Crippen molar-refractivity contribution in [2.75, 3.05) is 39.3 Å². The molecule has 2 saturated heterocycles. The van der Waals surface area contributed by atoms with Crippen LogP contribution in [-0.2, 0) is 10.0 Å². The fourth-order valence-electron chi connectivity index (χ4n) is 3.18. The zero-order valence-corrected chi connectivity index (χ0v) is 13.5. The summed E-state index contributed by atoms with van der Waals surface area (Å²) in [5.41, 5.74) is -0.205. The van der Waals surface area contributed by atoms with E-state index < -0.39 is 14.9 Å². The van der Waals surface area contributed by atoms with Crippen molar-refractivity contribution in [1.29, 1.82) is 0 Å². The first-order valence-corrected chi connectivity index (χ1v) is 9.12. The van der Waals surface area contributed by atoms with Crippen molar-refractivity contribution >= 4 is 15.7 Å². The van der Waals surface area contributed by atoms with Crippen molar-refractivity contribution < 1.29 is 13.3 Å². The monoisotopic (exact) mass is 340 g/mol. The van der Waals surface area contributed by atoms with Gasteiger partial charge < -0.3 is 5.32 Å². The predicted molar refractivity (Wildman–Crippen MR) is 84.7 cm³/mol. The zero-order valence-electron chi connectivity index (χ0n) is 12.7. The van der Waals surface area contributed by atoms with Gasteiger partial charge in [-0.05, 0) is 12.5 Å². The Bertz CT molecular complexity index is 688. The van der Waals surface area contributed by atoms with Crippen LogP contribution in [0.15, 0.2) is 29.2 Å². The van der Waals surface area contributed by atoms with Crippen molar-refractivity contribution in [3.8, 4) is 0 Å². The number of non-ortho nitro benzene ring substituents is 1. The largest absolute Gasteiger partial charge is 0.314 e. The van der Waals surface area contributed by atoms with Crippen molar-refractivity contribution in [3.05, 3.63) is 34.4 Å². The van der Waals surface area contributed by atoms with Gasteiger partial charge in [0.1, 0.15) is 0 Å². The van der Waals surface area contributed by atoms with Gasteiger partial charge in [0.2, 0.25) is 10.0 Å². The quantitative estimate of drug-likeness (QED) is 0.624. The standard InChI is InChI=1S/C14H20N4O4S/c19-18(20)12-2-1-3-14(10-12)23(21,22)17-7-4-13(11-17)16-8-5-15-6-9-16/h1-3,10,13,15H,4-9,11H2. The number of hydrogen-bond acceptors (Lipinski definition) is 6. The molecule has 0 amide bonds. The topological polar surface area (TPSA) is 95.8 Å². The number of nitro benzene ring substituents is 1. The Balaban J connectivity index is 1.75. The first-order valence-electron chi connectivity index (χ1n) is 7.68. The van der Waals surface area contributed by atoms with Gasteiger partial charge in [-0.2, -0.15) is 4.31 Å². The molecule has 2 heterocycles. The summed E-state index contributed by atoms with van der Waals surface area (Å²) in [5, 5.41) is 14.1. The second kappa shape index (κ2) is 6.52. The maximum atomic E-state index is 12.7. The lowest BCUT2D eigenvalue weighted by Crippen LogP contribution is -2.49. The Hall–Kier alpha value is -1.55. The van der Waals surface area contributed by atoms with E-state index in [1.54, 1.807) is 0 Å². The van der Waals surface area contributed by atoms with Crippen molar-refractivity contribution in [2.24, 2.45) is 0 Å². The first-order chi connectivity index (χ1) is 11.0. The summed E-state index contributed by atoms with van der Waals surface area (Å²) in [6.07, 6.45) is 0.800. The molecule has 1 aromatic carbocycles. The third-order valence-electron chi connectivity index (χ3n) is 4.46. The van der Waals surface area contributed by atoms with E-state index in [-0.39, 0.29) is 16.6 Å². The Morgan fingerprint density at radius 3 is 2.65 bits per heavy atom. The molecule has 23 heavy (non-hydrogen) atoms. The molecule has 8 nitrogen and oxygen atoms in total. The summed E-state index contributed by atoms with van der Waals surface area (Å²) >= 11 is 0. The Morgan fingerprint density at radius 1 is 1.22 bits per heavy atom. The van der Waals surface area contributed by atoms with Crippen molar-refractivity contribution in [2.45, 2.75) is 17.4 Å². The van der Waals surface area contributed by atoms with E-state index >= 15 is 0 Å². The summed E-state index contributed by atoms with van der Waals surface area (Å²) in [4.78, 5) is 12.6. The van der Waals surface area contributed by atoms with Crippen molar-refractivity contribution in [1.82, 2.24) is 14.5 Å². The van der Waals surface area contributed by atoms with Gasteiger partial charge in [0.25, 0.3) is 5.69 Å². The van der Waals surface area contributed by atoms with Crippen LogP contribution in [0.25, 0.3) is 0 Å². The number of piperazine rings is 1. The Labute approximate surface area is 135 Å². The average Bonchev–Trinajstić information content (AvgIpc) is 3.06. The smallest absolute Gasteiger partial charge is 0.270 e. The molecule has 1 aromatic rings. The van der Waals surface area contributed by atoms with Gasteiger partial charge in [0, 0.05) is 57.4 Å². The van der Waals surface area contributed by atoms with Gasteiger partial charge in [0.05, 0.1) is 9.82 Å². The summed E-state index contributed by atoms with van der Waals surface area (Å²) < 4.78 is 26.9. The lowest BCUT2D eigenvalue weighted by atomic mass is 10.2. The maximum absolute atomic E-state index is 12.7. The third-order valence-corrected chi connectivity index (χ3v) is 6.32. The SMILES string of the molecule is O=[N+]([O-])c1cccc(S(=O)(=O)N2CCC(N3CCNCC3)C2)c1. The second-order valence-corrected chi connectivity index (χ2v) is 7.78. The molecular weight excluding hydrogens is 320 g/mol. The molecule has 0 radical (unpaired) electrons. The molecule has 0 aliphatic carbocycles. The molecule has 9 heteroatoms. The van der Waals surface area contributed by atoms with Gasteiger partial charge in [-0.3, -0.25) is 15.0 Å². The number of nitrogens with one attached hydrogen (secondary N) is 1. The molecule has 3 rings (SSSR count). The third kappa shape index (κ3) is 3.37. The normalized spacial score (nSPS) is 23.9. The minimum atomic E-state index is -3.68. The fraction of sp³-hybridized carbons (Fsp3) is 0.571. The zero-order chi connectivity index (χ0) is 16.4. The van der Waals surface area contributed by atoms with Gasteiger partial charge in [-0.25, -0.2) is 8.42 Å². The summed E-state index contributed by atoms with van der Waals surface area (Å²) in [6.45, 7) is 4.61. The first kappa shape index (κ1) is 16.3. The van der Waals surface area contributed by atoms with Crippen LogP contribution in [0.2, 0.25) is 0 Å². The van der Waals surface area contributed by atoms with E-state index in [1.165, 1.54) is 22.5 Å². The summed E-state index contributed by atoms with van der Waals surface area (Å²) in [5.74, 6) is 0. The number of sulfonamides is 1. The molecule has 2 aliphatic heterocycles. The fourth-order valence-corrected chi connectivity index (χ4v) is 4.71. The molecule has 0 bridgehead atoms. The van der Waals surface area contributed by atoms with Crippen molar-refractivity contribution in [3.63, 3.8) is 0 Å². The van der Waals surface area contributed by atoms with Crippen LogP contribution in [0.1, 0.15) is 6.42 Å². The Morgan fingerprint density at radius 2 is 1.96 bits per heavy atom. The molecule has 2 fully saturated rings. The van der Waals surface area contributed by atoms with E-state index in [1.807, 2.05) is 0 Å². The lowest BCUT2D eigenvalue weighted by Gasteiger charge is -2.32. The molecule has 2 aliphatic rings. The van der Waals surface area contributed by atoms with E-state index in [0.717, 1.165) is 38.7 Å². The number of nitro groups is 1. The number of hydrogen-bond donors (Lipinski definition) is 1. The van der Waals surface area contributed by atoms with Crippen LogP contribution in [0.5, 0.6) is 0 Å². The van der Waals surface area contributed by atoms with Gasteiger partial charge in [-0.1, -0.05) is 6.07 Å². The van der Waals surface area contributed by atoms with E-state index in [4.69, 9.17) is 0 Å². The van der Waals surface area contributed by atoms with E-state index in [2.05, 4.69) is 10.2 Å². The van der Waals surface area contributed by atoms with Crippen LogP contribution < -0.4 is 5.32 Å². The minimum Gasteiger partial charge on any atom is -0.314 e. The van der Waals surface area contributed by atoms with Crippen LogP contribution in [0.3, 0.4) is 0 Å². The van der Waals surface area contributed by atoms with Crippen LogP contribution in [0.4, 0.5) is 5.69 Å². The van der Waals surface area contributed by atoms with Crippen LogP contribution >= 0.6 is 0 Å². The molecule has 0 spiro atoms. The number of rotatable bonds is 4. The maximum Gasteiger partial charge on any atom is 0.270 e. The average molecular weight is 340 g/mol. The molecular formula is C14H20N4O4S. The lowest BCUT2D eigenvalue weighted by molar-refractivity contribution is -0.385. The highest BCUT2D eigenvalue weighted by Crippen LogP contribution is 2.26. The molecule has 1 unspecified atom stereocenters. The highest BCUT2D eigenvalue weighted by Gasteiger charge is 2.35. The molecule has 0 saturated carbocycles.